The molecular formula is C15H19NO2. The van der Waals surface area contributed by atoms with E-state index in [9.17, 15) is 4.79 Å². The van der Waals surface area contributed by atoms with Crippen molar-refractivity contribution in [1.29, 1.82) is 0 Å². The SMILES string of the molecule is CCCCc1cn(C)c2cc(C(=O)O)c(C)cc12. The quantitative estimate of drug-likeness (QED) is 0.895. The first-order valence-electron chi connectivity index (χ1n) is 6.36. The fourth-order valence-electron chi connectivity index (χ4n) is 2.42. The van der Waals surface area contributed by atoms with Gasteiger partial charge in [-0.15, -0.1) is 0 Å². The van der Waals surface area contributed by atoms with Gasteiger partial charge >= 0.3 is 5.97 Å². The maximum Gasteiger partial charge on any atom is 0.336 e. The Morgan fingerprint density at radius 2 is 2.11 bits per heavy atom. The zero-order chi connectivity index (χ0) is 13.3. The molecule has 2 rings (SSSR count). The number of rotatable bonds is 4. The second-order valence-corrected chi connectivity index (χ2v) is 4.86. The highest BCUT2D eigenvalue weighted by Crippen LogP contribution is 2.26. The van der Waals surface area contributed by atoms with E-state index in [2.05, 4.69) is 13.1 Å². The van der Waals surface area contributed by atoms with E-state index in [0.717, 1.165) is 17.5 Å². The van der Waals surface area contributed by atoms with E-state index < -0.39 is 5.97 Å². The van der Waals surface area contributed by atoms with Gasteiger partial charge in [0.2, 0.25) is 0 Å². The minimum absolute atomic E-state index is 0.394. The Labute approximate surface area is 107 Å². The normalized spacial score (nSPS) is 11.1. The molecule has 0 atom stereocenters. The standard InChI is InChI=1S/C15H19NO2/c1-4-5-6-11-9-16(3)14-8-12(15(17)18)10(2)7-13(11)14/h7-9H,4-6H2,1-3H3,(H,17,18). The molecule has 1 N–H and O–H groups in total. The van der Waals surface area contributed by atoms with E-state index in [-0.39, 0.29) is 0 Å². The summed E-state index contributed by atoms with van der Waals surface area (Å²) in [5, 5.41) is 10.3. The second kappa shape index (κ2) is 4.84. The number of benzene rings is 1. The second-order valence-electron chi connectivity index (χ2n) is 4.86. The van der Waals surface area contributed by atoms with Crippen LogP contribution < -0.4 is 0 Å². The Morgan fingerprint density at radius 3 is 2.72 bits per heavy atom. The van der Waals surface area contributed by atoms with Crippen LogP contribution in [-0.2, 0) is 13.5 Å². The summed E-state index contributed by atoms with van der Waals surface area (Å²) < 4.78 is 2.02. The molecule has 0 amide bonds. The lowest BCUT2D eigenvalue weighted by Gasteiger charge is -2.04. The molecule has 2 aromatic rings. The number of hydrogen-bond acceptors (Lipinski definition) is 1. The Kier molecular flexibility index (Phi) is 3.41. The summed E-state index contributed by atoms with van der Waals surface area (Å²) in [7, 11) is 1.97. The van der Waals surface area contributed by atoms with Crippen molar-refractivity contribution in [2.24, 2.45) is 7.05 Å². The average molecular weight is 245 g/mol. The molecular weight excluding hydrogens is 226 g/mol. The summed E-state index contributed by atoms with van der Waals surface area (Å²) in [6, 6.07) is 3.78. The molecule has 0 aliphatic heterocycles. The third kappa shape index (κ3) is 2.13. The highest BCUT2D eigenvalue weighted by Gasteiger charge is 2.13. The fourth-order valence-corrected chi connectivity index (χ4v) is 2.42. The molecule has 0 spiro atoms. The van der Waals surface area contributed by atoms with E-state index in [1.807, 2.05) is 24.6 Å². The van der Waals surface area contributed by atoms with E-state index in [1.165, 1.54) is 23.8 Å². The zero-order valence-corrected chi connectivity index (χ0v) is 11.2. The van der Waals surface area contributed by atoms with Crippen molar-refractivity contribution in [2.75, 3.05) is 0 Å². The molecule has 1 heterocycles. The third-order valence-electron chi connectivity index (χ3n) is 3.45. The van der Waals surface area contributed by atoms with Crippen LogP contribution in [-0.4, -0.2) is 15.6 Å². The number of carboxylic acids is 1. The van der Waals surface area contributed by atoms with Crippen LogP contribution in [0.4, 0.5) is 0 Å². The van der Waals surface area contributed by atoms with Gasteiger partial charge in [0.05, 0.1) is 5.56 Å². The number of aryl methyl sites for hydroxylation is 3. The predicted octanol–water partition coefficient (Wildman–Crippen LogP) is 3.53. The van der Waals surface area contributed by atoms with Gasteiger partial charge in [-0.25, -0.2) is 4.79 Å². The number of carboxylic acid groups (broad SMARTS) is 1. The Bertz CT molecular complexity index is 596. The third-order valence-corrected chi connectivity index (χ3v) is 3.45. The van der Waals surface area contributed by atoms with Crippen molar-refractivity contribution < 1.29 is 9.90 Å². The number of aromatic carboxylic acids is 1. The minimum Gasteiger partial charge on any atom is -0.478 e. The lowest BCUT2D eigenvalue weighted by molar-refractivity contribution is 0.0696. The average Bonchev–Trinajstić information content (AvgIpc) is 2.62. The molecule has 96 valence electrons. The summed E-state index contributed by atoms with van der Waals surface area (Å²) in [6.07, 6.45) is 5.51. The van der Waals surface area contributed by atoms with Crippen LogP contribution in [0.25, 0.3) is 10.9 Å². The number of hydrogen-bond donors (Lipinski definition) is 1. The molecule has 0 unspecified atom stereocenters. The number of fused-ring (bicyclic) bond motifs is 1. The van der Waals surface area contributed by atoms with Crippen molar-refractivity contribution >= 4 is 16.9 Å². The first-order chi connectivity index (χ1) is 8.54. The summed E-state index contributed by atoms with van der Waals surface area (Å²) >= 11 is 0. The van der Waals surface area contributed by atoms with Gasteiger partial charge in [0.15, 0.2) is 0 Å². The predicted molar refractivity (Wildman–Crippen MR) is 73.2 cm³/mol. The van der Waals surface area contributed by atoms with E-state index in [4.69, 9.17) is 5.11 Å². The topological polar surface area (TPSA) is 42.2 Å². The zero-order valence-electron chi connectivity index (χ0n) is 11.2. The molecule has 1 aromatic heterocycles. The summed E-state index contributed by atoms with van der Waals surface area (Å²) in [6.45, 7) is 4.04. The van der Waals surface area contributed by atoms with Crippen LogP contribution >= 0.6 is 0 Å². The smallest absolute Gasteiger partial charge is 0.336 e. The number of aromatic nitrogens is 1. The fraction of sp³-hybridized carbons (Fsp3) is 0.400. The Balaban J connectivity index is 2.59. The van der Waals surface area contributed by atoms with Crippen LogP contribution in [0.15, 0.2) is 18.3 Å². The molecule has 0 saturated carbocycles. The van der Waals surface area contributed by atoms with Crippen LogP contribution in [0.3, 0.4) is 0 Å². The Morgan fingerprint density at radius 1 is 1.39 bits per heavy atom. The lowest BCUT2D eigenvalue weighted by atomic mass is 10.0. The van der Waals surface area contributed by atoms with Crippen LogP contribution in [0.1, 0.15) is 41.3 Å². The minimum atomic E-state index is -0.856. The summed E-state index contributed by atoms with van der Waals surface area (Å²) in [4.78, 5) is 11.1. The number of unbranched alkanes of at least 4 members (excludes halogenated alkanes) is 1. The van der Waals surface area contributed by atoms with Crippen LogP contribution in [0.5, 0.6) is 0 Å². The maximum absolute atomic E-state index is 11.1. The van der Waals surface area contributed by atoms with Crippen LogP contribution in [0.2, 0.25) is 0 Å². The molecule has 0 saturated heterocycles. The highest BCUT2D eigenvalue weighted by atomic mass is 16.4. The van der Waals surface area contributed by atoms with Gasteiger partial charge in [0.1, 0.15) is 0 Å². The van der Waals surface area contributed by atoms with Gasteiger partial charge in [-0.2, -0.15) is 0 Å². The lowest BCUT2D eigenvalue weighted by Crippen LogP contribution is -2.00. The van der Waals surface area contributed by atoms with Crippen molar-refractivity contribution in [3.8, 4) is 0 Å². The molecule has 0 aliphatic rings. The van der Waals surface area contributed by atoms with E-state index in [1.54, 1.807) is 6.07 Å². The van der Waals surface area contributed by atoms with Crippen molar-refractivity contribution in [3.63, 3.8) is 0 Å². The number of nitrogens with zero attached hydrogens (tertiary/aromatic N) is 1. The first-order valence-corrected chi connectivity index (χ1v) is 6.36. The van der Waals surface area contributed by atoms with Crippen molar-refractivity contribution in [1.82, 2.24) is 4.57 Å². The van der Waals surface area contributed by atoms with Crippen molar-refractivity contribution in [3.05, 3.63) is 35.0 Å². The molecule has 0 fully saturated rings. The monoisotopic (exact) mass is 245 g/mol. The van der Waals surface area contributed by atoms with Gasteiger partial charge in [-0.1, -0.05) is 13.3 Å². The molecule has 3 heteroatoms. The van der Waals surface area contributed by atoms with Crippen molar-refractivity contribution in [2.45, 2.75) is 33.1 Å². The van der Waals surface area contributed by atoms with Gasteiger partial charge in [-0.05, 0) is 43.0 Å². The Hall–Kier alpha value is -1.77. The van der Waals surface area contributed by atoms with Gasteiger partial charge in [0.25, 0.3) is 0 Å². The largest absolute Gasteiger partial charge is 0.478 e. The molecule has 3 nitrogen and oxygen atoms in total. The molecule has 18 heavy (non-hydrogen) atoms. The first kappa shape index (κ1) is 12.7. The maximum atomic E-state index is 11.1. The molecule has 1 aromatic carbocycles. The van der Waals surface area contributed by atoms with E-state index in [0.29, 0.717) is 5.56 Å². The van der Waals surface area contributed by atoms with Gasteiger partial charge in [0, 0.05) is 24.1 Å². The van der Waals surface area contributed by atoms with Crippen LogP contribution in [0, 0.1) is 6.92 Å². The highest BCUT2D eigenvalue weighted by molar-refractivity contribution is 5.96. The molecule has 0 aliphatic carbocycles. The molecule has 0 bridgehead atoms. The van der Waals surface area contributed by atoms with E-state index >= 15 is 0 Å². The summed E-state index contributed by atoms with van der Waals surface area (Å²) in [5.41, 5.74) is 3.54. The molecule has 0 radical (unpaired) electrons. The number of carbonyl (C=O) groups is 1. The van der Waals surface area contributed by atoms with Gasteiger partial charge in [-0.3, -0.25) is 0 Å². The van der Waals surface area contributed by atoms with Gasteiger partial charge < -0.3 is 9.67 Å². The summed E-state index contributed by atoms with van der Waals surface area (Å²) in [5.74, 6) is -0.856.